The van der Waals surface area contributed by atoms with Crippen LogP contribution in [0.1, 0.15) is 37.8 Å². The number of carbonyl (C=O) groups is 1. The van der Waals surface area contributed by atoms with E-state index in [9.17, 15) is 4.79 Å². The minimum atomic E-state index is -0.246. The molecule has 84 valence electrons. The number of hydrogen-bond acceptors (Lipinski definition) is 1. The first kappa shape index (κ1) is 9.88. The summed E-state index contributed by atoms with van der Waals surface area (Å²) < 4.78 is 0. The highest BCUT2D eigenvalue weighted by Gasteiger charge is 2.51. The summed E-state index contributed by atoms with van der Waals surface area (Å²) in [5.41, 5.74) is 3.47. The third kappa shape index (κ3) is 0.998. The third-order valence-electron chi connectivity index (χ3n) is 4.25. The van der Waals surface area contributed by atoms with E-state index in [0.29, 0.717) is 5.92 Å². The lowest BCUT2D eigenvalue weighted by Crippen LogP contribution is -2.41. The van der Waals surface area contributed by atoms with Gasteiger partial charge in [-0.15, -0.1) is 0 Å². The number of carbonyl (C=O) groups excluding carboxylic acids is 1. The molecule has 0 bridgehead atoms. The van der Waals surface area contributed by atoms with Gasteiger partial charge in [0, 0.05) is 5.69 Å². The Kier molecular flexibility index (Phi) is 1.91. The Labute approximate surface area is 96.1 Å². The van der Waals surface area contributed by atoms with Gasteiger partial charge in [-0.05, 0) is 42.4 Å². The van der Waals surface area contributed by atoms with Crippen LogP contribution in [-0.2, 0) is 16.6 Å². The number of rotatable bonds is 1. The van der Waals surface area contributed by atoms with Crippen LogP contribution in [0.15, 0.2) is 18.2 Å². The van der Waals surface area contributed by atoms with Gasteiger partial charge in [-0.3, -0.25) is 4.79 Å². The van der Waals surface area contributed by atoms with Gasteiger partial charge in [0.2, 0.25) is 5.91 Å². The SMILES string of the molecule is CC(C)C12CCCc3cccc(c31)NC2=O. The molecule has 2 heteroatoms. The molecule has 1 aliphatic carbocycles. The molecule has 0 saturated carbocycles. The quantitative estimate of drug-likeness (QED) is 0.766. The van der Waals surface area contributed by atoms with Gasteiger partial charge in [0.25, 0.3) is 0 Å². The van der Waals surface area contributed by atoms with Crippen molar-refractivity contribution in [3.05, 3.63) is 29.3 Å². The maximum absolute atomic E-state index is 12.3. The number of aryl methyl sites for hydroxylation is 1. The zero-order valence-corrected chi connectivity index (χ0v) is 9.84. The first-order chi connectivity index (χ1) is 7.66. The molecule has 0 fully saturated rings. The van der Waals surface area contributed by atoms with Crippen molar-refractivity contribution >= 4 is 11.6 Å². The van der Waals surface area contributed by atoms with Crippen molar-refractivity contribution in [2.75, 3.05) is 5.32 Å². The molecule has 1 heterocycles. The van der Waals surface area contributed by atoms with Crippen molar-refractivity contribution in [1.82, 2.24) is 0 Å². The molecule has 2 nitrogen and oxygen atoms in total. The van der Waals surface area contributed by atoms with E-state index in [-0.39, 0.29) is 11.3 Å². The van der Waals surface area contributed by atoms with E-state index in [1.165, 1.54) is 11.1 Å². The van der Waals surface area contributed by atoms with Gasteiger partial charge in [0.15, 0.2) is 0 Å². The molecule has 3 rings (SSSR count). The van der Waals surface area contributed by atoms with E-state index in [0.717, 1.165) is 24.9 Å². The fourth-order valence-corrected chi connectivity index (χ4v) is 3.42. The normalized spacial score (nSPS) is 26.8. The smallest absolute Gasteiger partial charge is 0.235 e. The molecule has 1 aliphatic heterocycles. The van der Waals surface area contributed by atoms with Crippen LogP contribution >= 0.6 is 0 Å². The minimum absolute atomic E-state index is 0.213. The second-order valence-electron chi connectivity index (χ2n) is 5.27. The van der Waals surface area contributed by atoms with Gasteiger partial charge in [-0.25, -0.2) is 0 Å². The highest BCUT2D eigenvalue weighted by atomic mass is 16.2. The third-order valence-corrected chi connectivity index (χ3v) is 4.25. The summed E-state index contributed by atoms with van der Waals surface area (Å²) in [5.74, 6) is 0.583. The molecule has 1 aromatic carbocycles. The average Bonchev–Trinajstić information content (AvgIpc) is 2.56. The Bertz CT molecular complexity index is 464. The first-order valence-corrected chi connectivity index (χ1v) is 6.10. The highest BCUT2D eigenvalue weighted by molar-refractivity contribution is 6.07. The lowest BCUT2D eigenvalue weighted by Gasteiger charge is -2.36. The molecule has 1 atom stereocenters. The Morgan fingerprint density at radius 3 is 2.94 bits per heavy atom. The number of nitrogens with one attached hydrogen (secondary N) is 1. The molecule has 2 aliphatic rings. The van der Waals surface area contributed by atoms with E-state index in [2.05, 4.69) is 31.3 Å². The number of benzene rings is 1. The topological polar surface area (TPSA) is 29.1 Å². The molecular weight excluding hydrogens is 198 g/mol. The van der Waals surface area contributed by atoms with Gasteiger partial charge in [-0.2, -0.15) is 0 Å². The molecule has 0 radical (unpaired) electrons. The van der Waals surface area contributed by atoms with E-state index in [1.807, 2.05) is 6.07 Å². The van der Waals surface area contributed by atoms with E-state index >= 15 is 0 Å². The number of amides is 1. The zero-order chi connectivity index (χ0) is 11.3. The Morgan fingerprint density at radius 1 is 1.38 bits per heavy atom. The maximum Gasteiger partial charge on any atom is 0.235 e. The standard InChI is InChI=1S/C14H17NO/c1-9(2)14-8-4-6-10-5-3-7-11(12(10)14)15-13(14)16/h3,5,7,9H,4,6,8H2,1-2H3,(H,15,16). The second kappa shape index (κ2) is 3.09. The van der Waals surface area contributed by atoms with Crippen molar-refractivity contribution in [3.8, 4) is 0 Å². The van der Waals surface area contributed by atoms with E-state index in [4.69, 9.17) is 0 Å². The fraction of sp³-hybridized carbons (Fsp3) is 0.500. The predicted octanol–water partition coefficient (Wildman–Crippen LogP) is 2.87. The molecule has 0 aromatic heterocycles. The minimum Gasteiger partial charge on any atom is -0.325 e. The van der Waals surface area contributed by atoms with Crippen LogP contribution in [0.25, 0.3) is 0 Å². The monoisotopic (exact) mass is 215 g/mol. The van der Waals surface area contributed by atoms with Crippen LogP contribution < -0.4 is 5.32 Å². The lowest BCUT2D eigenvalue weighted by atomic mass is 9.64. The molecule has 1 amide bonds. The Hall–Kier alpha value is -1.31. The molecule has 0 spiro atoms. The van der Waals surface area contributed by atoms with Crippen molar-refractivity contribution in [2.45, 2.75) is 38.5 Å². The van der Waals surface area contributed by atoms with Crippen molar-refractivity contribution in [2.24, 2.45) is 5.92 Å². The molecule has 1 N–H and O–H groups in total. The summed E-state index contributed by atoms with van der Waals surface area (Å²) in [6.45, 7) is 4.33. The van der Waals surface area contributed by atoms with Gasteiger partial charge < -0.3 is 5.32 Å². The van der Waals surface area contributed by atoms with Crippen molar-refractivity contribution in [3.63, 3.8) is 0 Å². The fourth-order valence-electron chi connectivity index (χ4n) is 3.42. The lowest BCUT2D eigenvalue weighted by molar-refractivity contribution is -0.122. The highest BCUT2D eigenvalue weighted by Crippen LogP contribution is 2.50. The van der Waals surface area contributed by atoms with Crippen molar-refractivity contribution in [1.29, 1.82) is 0 Å². The van der Waals surface area contributed by atoms with Crippen LogP contribution in [-0.4, -0.2) is 5.91 Å². The molecular formula is C14H17NO. The van der Waals surface area contributed by atoms with Gasteiger partial charge in [0.1, 0.15) is 0 Å². The summed E-state index contributed by atoms with van der Waals surface area (Å²) in [5, 5.41) is 3.06. The van der Waals surface area contributed by atoms with Gasteiger partial charge >= 0.3 is 0 Å². The second-order valence-corrected chi connectivity index (χ2v) is 5.27. The largest absolute Gasteiger partial charge is 0.325 e. The van der Waals surface area contributed by atoms with E-state index < -0.39 is 0 Å². The molecule has 0 saturated heterocycles. The Balaban J connectivity index is 2.30. The molecule has 16 heavy (non-hydrogen) atoms. The van der Waals surface area contributed by atoms with Gasteiger partial charge in [0.05, 0.1) is 5.41 Å². The summed E-state index contributed by atoms with van der Waals surface area (Å²) in [4.78, 5) is 12.3. The number of anilines is 1. The summed E-state index contributed by atoms with van der Waals surface area (Å²) >= 11 is 0. The van der Waals surface area contributed by atoms with Crippen LogP contribution in [0.2, 0.25) is 0 Å². The van der Waals surface area contributed by atoms with Crippen LogP contribution in [0, 0.1) is 5.92 Å². The predicted molar refractivity (Wildman–Crippen MR) is 64.5 cm³/mol. The first-order valence-electron chi connectivity index (χ1n) is 6.10. The molecule has 1 unspecified atom stereocenters. The summed E-state index contributed by atoms with van der Waals surface area (Å²) in [7, 11) is 0. The molecule has 1 aromatic rings. The van der Waals surface area contributed by atoms with Crippen molar-refractivity contribution < 1.29 is 4.79 Å². The maximum atomic E-state index is 12.3. The average molecular weight is 215 g/mol. The van der Waals surface area contributed by atoms with Crippen LogP contribution in [0.3, 0.4) is 0 Å². The zero-order valence-electron chi connectivity index (χ0n) is 9.84. The number of hydrogen-bond donors (Lipinski definition) is 1. The summed E-state index contributed by atoms with van der Waals surface area (Å²) in [6.07, 6.45) is 3.25. The van der Waals surface area contributed by atoms with E-state index in [1.54, 1.807) is 0 Å². The van der Waals surface area contributed by atoms with Crippen LogP contribution in [0.5, 0.6) is 0 Å². The van der Waals surface area contributed by atoms with Crippen LogP contribution in [0.4, 0.5) is 5.69 Å². The Morgan fingerprint density at radius 2 is 2.19 bits per heavy atom. The summed E-state index contributed by atoms with van der Waals surface area (Å²) in [6, 6.07) is 6.26. The van der Waals surface area contributed by atoms with Gasteiger partial charge in [-0.1, -0.05) is 26.0 Å².